The summed E-state index contributed by atoms with van der Waals surface area (Å²) in [6.45, 7) is 0. The summed E-state index contributed by atoms with van der Waals surface area (Å²) in [5.41, 5.74) is 0.126. The SMILES string of the molecule is N#Cc1n[nH]nc1-c1cc2cc(-c3cc(F)cc(C(F)(F)F)c3)ccc2o1. The molecule has 4 rings (SSSR count). The molecule has 1 N–H and O–H groups in total. The van der Waals surface area contributed by atoms with Gasteiger partial charge in [0.25, 0.3) is 0 Å². The highest BCUT2D eigenvalue weighted by Crippen LogP contribution is 2.35. The van der Waals surface area contributed by atoms with E-state index < -0.39 is 17.6 Å². The molecule has 0 aliphatic heterocycles. The van der Waals surface area contributed by atoms with Gasteiger partial charge in [-0.15, -0.1) is 5.10 Å². The molecule has 0 atom stereocenters. The molecule has 0 bridgehead atoms. The lowest BCUT2D eigenvalue weighted by atomic mass is 10.0. The maximum Gasteiger partial charge on any atom is 0.416 e. The molecular formula is C18H8F4N4O. The van der Waals surface area contributed by atoms with Crippen molar-refractivity contribution in [2.75, 3.05) is 0 Å². The summed E-state index contributed by atoms with van der Waals surface area (Å²) in [7, 11) is 0. The second-order valence-electron chi connectivity index (χ2n) is 5.72. The Morgan fingerprint density at radius 2 is 1.81 bits per heavy atom. The minimum Gasteiger partial charge on any atom is -0.454 e. The van der Waals surface area contributed by atoms with E-state index in [0.29, 0.717) is 22.6 Å². The van der Waals surface area contributed by atoms with Crippen LogP contribution >= 0.6 is 0 Å². The summed E-state index contributed by atoms with van der Waals surface area (Å²) in [5.74, 6) is -0.697. The van der Waals surface area contributed by atoms with Gasteiger partial charge in [0.1, 0.15) is 17.5 Å². The zero-order valence-electron chi connectivity index (χ0n) is 13.3. The molecule has 0 unspecified atom stereocenters. The van der Waals surface area contributed by atoms with Gasteiger partial charge in [-0.3, -0.25) is 0 Å². The molecule has 0 amide bonds. The smallest absolute Gasteiger partial charge is 0.416 e. The van der Waals surface area contributed by atoms with E-state index in [0.717, 1.165) is 12.1 Å². The van der Waals surface area contributed by atoms with Gasteiger partial charge in [-0.05, 0) is 47.5 Å². The van der Waals surface area contributed by atoms with Crippen molar-refractivity contribution < 1.29 is 22.0 Å². The fraction of sp³-hybridized carbons (Fsp3) is 0.0556. The van der Waals surface area contributed by atoms with E-state index in [2.05, 4.69) is 15.4 Å². The van der Waals surface area contributed by atoms with Crippen molar-refractivity contribution in [3.8, 4) is 28.7 Å². The Bertz CT molecular complexity index is 1200. The van der Waals surface area contributed by atoms with Gasteiger partial charge >= 0.3 is 6.18 Å². The van der Waals surface area contributed by atoms with E-state index in [4.69, 9.17) is 9.68 Å². The number of aromatic nitrogens is 3. The summed E-state index contributed by atoms with van der Waals surface area (Å²) in [4.78, 5) is 0. The number of fused-ring (bicyclic) bond motifs is 1. The average Bonchev–Trinajstić information content (AvgIpc) is 3.25. The Hall–Kier alpha value is -3.67. The third-order valence-corrected chi connectivity index (χ3v) is 3.96. The van der Waals surface area contributed by atoms with E-state index >= 15 is 0 Å². The molecule has 0 aliphatic rings. The first-order chi connectivity index (χ1) is 12.8. The monoisotopic (exact) mass is 372 g/mol. The van der Waals surface area contributed by atoms with Crippen LogP contribution < -0.4 is 0 Å². The molecule has 2 aromatic carbocycles. The van der Waals surface area contributed by atoms with Crippen LogP contribution in [0.25, 0.3) is 33.6 Å². The second-order valence-corrected chi connectivity index (χ2v) is 5.72. The molecule has 4 aromatic rings. The highest BCUT2D eigenvalue weighted by Gasteiger charge is 2.31. The molecular weight excluding hydrogens is 364 g/mol. The number of nitrogens with one attached hydrogen (secondary N) is 1. The number of hydrogen-bond acceptors (Lipinski definition) is 4. The number of furan rings is 1. The van der Waals surface area contributed by atoms with Crippen molar-refractivity contribution >= 4 is 11.0 Å². The van der Waals surface area contributed by atoms with Crippen LogP contribution in [0.3, 0.4) is 0 Å². The predicted octanol–water partition coefficient (Wildman–Crippen LogP) is 4.91. The van der Waals surface area contributed by atoms with Gasteiger partial charge in [-0.25, -0.2) is 4.39 Å². The first-order valence-corrected chi connectivity index (χ1v) is 7.58. The van der Waals surface area contributed by atoms with Crippen molar-refractivity contribution in [1.29, 1.82) is 5.26 Å². The molecule has 2 heterocycles. The fourth-order valence-electron chi connectivity index (χ4n) is 2.74. The Kier molecular flexibility index (Phi) is 3.70. The van der Waals surface area contributed by atoms with Crippen molar-refractivity contribution in [2.45, 2.75) is 6.18 Å². The molecule has 2 aromatic heterocycles. The van der Waals surface area contributed by atoms with Crippen LogP contribution in [-0.4, -0.2) is 15.4 Å². The summed E-state index contributed by atoms with van der Waals surface area (Å²) in [6, 6.07) is 10.5. The maximum atomic E-state index is 13.7. The molecule has 0 fully saturated rings. The van der Waals surface area contributed by atoms with Crippen molar-refractivity contribution in [3.05, 3.63) is 59.5 Å². The molecule has 0 radical (unpaired) electrons. The first-order valence-electron chi connectivity index (χ1n) is 7.58. The van der Waals surface area contributed by atoms with Crippen LogP contribution in [0.15, 0.2) is 46.9 Å². The van der Waals surface area contributed by atoms with Crippen LogP contribution in [0.5, 0.6) is 0 Å². The van der Waals surface area contributed by atoms with E-state index in [1.54, 1.807) is 18.2 Å². The molecule has 0 spiro atoms. The number of rotatable bonds is 2. The van der Waals surface area contributed by atoms with Gasteiger partial charge < -0.3 is 4.42 Å². The number of benzene rings is 2. The number of aromatic amines is 1. The number of alkyl halides is 3. The molecule has 0 saturated heterocycles. The highest BCUT2D eigenvalue weighted by atomic mass is 19.4. The molecule has 0 saturated carbocycles. The molecule has 0 aliphatic carbocycles. The third-order valence-electron chi connectivity index (χ3n) is 3.96. The van der Waals surface area contributed by atoms with Gasteiger partial charge in [0, 0.05) is 5.39 Å². The summed E-state index contributed by atoms with van der Waals surface area (Å²) in [6.07, 6.45) is -4.65. The summed E-state index contributed by atoms with van der Waals surface area (Å²) in [5, 5.41) is 19.4. The minimum absolute atomic E-state index is 0.0502. The first kappa shape index (κ1) is 16.8. The van der Waals surface area contributed by atoms with Crippen LogP contribution in [0, 0.1) is 17.1 Å². The van der Waals surface area contributed by atoms with Crippen LogP contribution in [0.4, 0.5) is 17.6 Å². The Morgan fingerprint density at radius 3 is 2.56 bits per heavy atom. The largest absolute Gasteiger partial charge is 0.454 e. The van der Waals surface area contributed by atoms with E-state index in [1.807, 2.05) is 6.07 Å². The summed E-state index contributed by atoms with van der Waals surface area (Å²) < 4.78 is 58.1. The van der Waals surface area contributed by atoms with Crippen LogP contribution in [-0.2, 0) is 6.18 Å². The lowest BCUT2D eigenvalue weighted by Crippen LogP contribution is -2.05. The number of hydrogen-bond donors (Lipinski definition) is 1. The van der Waals surface area contributed by atoms with E-state index in [9.17, 15) is 17.6 Å². The number of H-pyrrole nitrogens is 1. The van der Waals surface area contributed by atoms with Crippen LogP contribution in [0.2, 0.25) is 0 Å². The van der Waals surface area contributed by atoms with Gasteiger partial charge in [-0.1, -0.05) is 6.07 Å². The van der Waals surface area contributed by atoms with Gasteiger partial charge in [0.2, 0.25) is 0 Å². The van der Waals surface area contributed by atoms with Gasteiger partial charge in [-0.2, -0.15) is 28.7 Å². The lowest BCUT2D eigenvalue weighted by molar-refractivity contribution is -0.137. The third kappa shape index (κ3) is 3.01. The van der Waals surface area contributed by atoms with E-state index in [1.165, 1.54) is 6.07 Å². The summed E-state index contributed by atoms with van der Waals surface area (Å²) >= 11 is 0. The van der Waals surface area contributed by atoms with Crippen molar-refractivity contribution in [3.63, 3.8) is 0 Å². The molecule has 5 nitrogen and oxygen atoms in total. The lowest BCUT2D eigenvalue weighted by Gasteiger charge is -2.09. The van der Waals surface area contributed by atoms with Crippen molar-refractivity contribution in [1.82, 2.24) is 15.4 Å². The second kappa shape index (κ2) is 5.95. The van der Waals surface area contributed by atoms with E-state index in [-0.39, 0.29) is 22.7 Å². The highest BCUT2D eigenvalue weighted by molar-refractivity contribution is 5.87. The Morgan fingerprint density at radius 1 is 1.00 bits per heavy atom. The van der Waals surface area contributed by atoms with Gasteiger partial charge in [0.05, 0.1) is 5.56 Å². The normalized spacial score (nSPS) is 11.7. The van der Waals surface area contributed by atoms with Gasteiger partial charge in [0.15, 0.2) is 17.1 Å². The average molecular weight is 372 g/mol. The Balaban J connectivity index is 1.81. The standard InChI is InChI=1S/C18H8F4N4O/c19-13-5-10(4-12(7-13)18(20,21)22)9-1-2-15-11(3-9)6-16(27-15)17-14(8-23)24-26-25-17/h1-7H,(H,24,25,26). The Labute approximate surface area is 148 Å². The topological polar surface area (TPSA) is 78.5 Å². The molecule has 27 heavy (non-hydrogen) atoms. The minimum atomic E-state index is -4.65. The number of nitriles is 1. The number of nitrogens with zero attached hydrogens (tertiary/aromatic N) is 3. The zero-order chi connectivity index (χ0) is 19.2. The zero-order valence-corrected chi connectivity index (χ0v) is 13.3. The fourth-order valence-corrected chi connectivity index (χ4v) is 2.74. The number of halogens is 4. The molecule has 9 heteroatoms. The molecule has 134 valence electrons. The van der Waals surface area contributed by atoms with Crippen LogP contribution in [0.1, 0.15) is 11.3 Å². The maximum absolute atomic E-state index is 13.7. The quantitative estimate of drug-likeness (QED) is 0.507. The van der Waals surface area contributed by atoms with Crippen molar-refractivity contribution in [2.24, 2.45) is 0 Å². The predicted molar refractivity (Wildman–Crippen MR) is 86.7 cm³/mol.